The van der Waals surface area contributed by atoms with E-state index >= 15 is 0 Å². The van der Waals surface area contributed by atoms with Gasteiger partial charge in [-0.1, -0.05) is 41.9 Å². The quantitative estimate of drug-likeness (QED) is 0.897. The largest absolute Gasteiger partial charge is 0.483 e. The molecule has 22 heavy (non-hydrogen) atoms. The van der Waals surface area contributed by atoms with Gasteiger partial charge in [0.15, 0.2) is 6.61 Å². The van der Waals surface area contributed by atoms with Crippen molar-refractivity contribution in [1.82, 2.24) is 5.32 Å². The van der Waals surface area contributed by atoms with Crippen LogP contribution in [0.5, 0.6) is 5.75 Å². The second-order valence-electron chi connectivity index (χ2n) is 5.35. The first-order valence-corrected chi connectivity index (χ1v) is 7.59. The number of hydrogen-bond acceptors (Lipinski definition) is 2. The number of amides is 1. The van der Waals surface area contributed by atoms with E-state index in [1.165, 1.54) is 0 Å². The second kappa shape index (κ2) is 7.32. The van der Waals surface area contributed by atoms with E-state index in [4.69, 9.17) is 16.3 Å². The molecule has 116 valence electrons. The van der Waals surface area contributed by atoms with E-state index in [1.54, 1.807) is 0 Å². The number of carbonyl (C=O) groups is 1. The van der Waals surface area contributed by atoms with Crippen LogP contribution in [-0.2, 0) is 4.79 Å². The van der Waals surface area contributed by atoms with Gasteiger partial charge < -0.3 is 10.1 Å². The molecule has 1 atom stereocenters. The molecule has 2 aromatic rings. The van der Waals surface area contributed by atoms with Gasteiger partial charge in [-0.3, -0.25) is 4.79 Å². The van der Waals surface area contributed by atoms with E-state index < -0.39 is 0 Å². The van der Waals surface area contributed by atoms with Crippen LogP contribution in [0.4, 0.5) is 0 Å². The number of aryl methyl sites for hydroxylation is 2. The average molecular weight is 318 g/mol. The van der Waals surface area contributed by atoms with Gasteiger partial charge in [0, 0.05) is 5.02 Å². The fourth-order valence-corrected chi connectivity index (χ4v) is 2.41. The number of nitrogens with one attached hydrogen (secondary N) is 1. The Morgan fingerprint density at radius 2 is 1.73 bits per heavy atom. The summed E-state index contributed by atoms with van der Waals surface area (Å²) in [5.74, 6) is 0.627. The summed E-state index contributed by atoms with van der Waals surface area (Å²) in [5, 5.41) is 3.60. The number of carbonyl (C=O) groups excluding carboxylic acids is 1. The van der Waals surface area contributed by atoms with Gasteiger partial charge in [-0.05, 0) is 49.6 Å². The highest BCUT2D eigenvalue weighted by Gasteiger charge is 2.11. The average Bonchev–Trinajstić information content (AvgIpc) is 2.47. The molecule has 0 aromatic heterocycles. The second-order valence-corrected chi connectivity index (χ2v) is 5.79. The molecule has 1 N–H and O–H groups in total. The van der Waals surface area contributed by atoms with E-state index in [2.05, 4.69) is 5.32 Å². The highest BCUT2D eigenvalue weighted by molar-refractivity contribution is 6.30. The summed E-state index contributed by atoms with van der Waals surface area (Å²) in [6.07, 6.45) is 0. The predicted octanol–water partition coefficient (Wildman–Crippen LogP) is 4.21. The van der Waals surface area contributed by atoms with Crippen molar-refractivity contribution < 1.29 is 9.53 Å². The molecule has 2 rings (SSSR count). The first-order chi connectivity index (χ1) is 10.5. The first-order valence-electron chi connectivity index (χ1n) is 7.21. The van der Waals surface area contributed by atoms with E-state index in [9.17, 15) is 4.79 Å². The van der Waals surface area contributed by atoms with Crippen molar-refractivity contribution in [3.05, 3.63) is 64.2 Å². The van der Waals surface area contributed by atoms with E-state index in [0.29, 0.717) is 5.02 Å². The Balaban J connectivity index is 1.91. The number of hydrogen-bond donors (Lipinski definition) is 1. The van der Waals surface area contributed by atoms with Crippen LogP contribution in [0.2, 0.25) is 5.02 Å². The summed E-state index contributed by atoms with van der Waals surface area (Å²) in [6, 6.07) is 13.2. The molecule has 0 fully saturated rings. The minimum atomic E-state index is -0.148. The zero-order chi connectivity index (χ0) is 16.1. The molecule has 0 saturated heterocycles. The molecule has 0 heterocycles. The maximum Gasteiger partial charge on any atom is 0.258 e. The number of rotatable bonds is 5. The number of benzene rings is 2. The van der Waals surface area contributed by atoms with Gasteiger partial charge in [0.2, 0.25) is 0 Å². The maximum atomic E-state index is 12.0. The van der Waals surface area contributed by atoms with Crippen LogP contribution in [0.25, 0.3) is 0 Å². The Kier molecular flexibility index (Phi) is 5.45. The van der Waals surface area contributed by atoms with Gasteiger partial charge in [-0.15, -0.1) is 0 Å². The van der Waals surface area contributed by atoms with Crippen molar-refractivity contribution in [2.75, 3.05) is 6.61 Å². The Bertz CT molecular complexity index is 632. The molecule has 3 nitrogen and oxygen atoms in total. The van der Waals surface area contributed by atoms with Crippen molar-refractivity contribution in [2.24, 2.45) is 0 Å². The minimum absolute atomic E-state index is 0.00359. The van der Waals surface area contributed by atoms with Crippen molar-refractivity contribution >= 4 is 17.5 Å². The molecular weight excluding hydrogens is 298 g/mol. The minimum Gasteiger partial charge on any atom is -0.483 e. The van der Waals surface area contributed by atoms with Crippen LogP contribution in [-0.4, -0.2) is 12.5 Å². The fourth-order valence-electron chi connectivity index (χ4n) is 2.28. The number of halogens is 1. The van der Waals surface area contributed by atoms with Crippen molar-refractivity contribution in [3.63, 3.8) is 0 Å². The van der Waals surface area contributed by atoms with E-state index in [1.807, 2.05) is 63.2 Å². The monoisotopic (exact) mass is 317 g/mol. The molecule has 0 spiro atoms. The standard InChI is InChI=1S/C18H20ClNO2/c1-12-5-4-6-13(2)18(12)22-11-17(21)20-14(3)15-7-9-16(19)10-8-15/h4-10,14H,11H2,1-3H3,(H,20,21). The van der Waals surface area contributed by atoms with Crippen molar-refractivity contribution in [3.8, 4) is 5.75 Å². The molecule has 0 aliphatic heterocycles. The van der Waals surface area contributed by atoms with Crippen molar-refractivity contribution in [1.29, 1.82) is 0 Å². The summed E-state index contributed by atoms with van der Waals surface area (Å²) in [4.78, 5) is 12.0. The summed E-state index contributed by atoms with van der Waals surface area (Å²) < 4.78 is 5.65. The fraction of sp³-hybridized carbons (Fsp3) is 0.278. The molecule has 0 radical (unpaired) electrons. The molecule has 1 unspecified atom stereocenters. The van der Waals surface area contributed by atoms with Crippen LogP contribution < -0.4 is 10.1 Å². The Labute approximate surface area is 136 Å². The van der Waals surface area contributed by atoms with Crippen LogP contribution in [0.1, 0.15) is 29.7 Å². The maximum absolute atomic E-state index is 12.0. The predicted molar refractivity (Wildman–Crippen MR) is 89.4 cm³/mol. The lowest BCUT2D eigenvalue weighted by Gasteiger charge is -2.16. The summed E-state index contributed by atoms with van der Waals surface area (Å²) in [6.45, 7) is 5.87. The Morgan fingerprint density at radius 3 is 2.32 bits per heavy atom. The van der Waals surface area contributed by atoms with Crippen LogP contribution in [0, 0.1) is 13.8 Å². The Hall–Kier alpha value is -2.00. The highest BCUT2D eigenvalue weighted by atomic mass is 35.5. The lowest BCUT2D eigenvalue weighted by Crippen LogP contribution is -2.31. The third-order valence-corrected chi connectivity index (χ3v) is 3.76. The molecule has 0 aliphatic carbocycles. The molecule has 2 aromatic carbocycles. The van der Waals surface area contributed by atoms with Gasteiger partial charge in [-0.2, -0.15) is 0 Å². The smallest absolute Gasteiger partial charge is 0.258 e. The molecular formula is C18H20ClNO2. The highest BCUT2D eigenvalue weighted by Crippen LogP contribution is 2.22. The van der Waals surface area contributed by atoms with Gasteiger partial charge in [-0.25, -0.2) is 0 Å². The molecule has 0 aliphatic rings. The summed E-state index contributed by atoms with van der Waals surface area (Å²) in [7, 11) is 0. The number of ether oxygens (including phenoxy) is 1. The topological polar surface area (TPSA) is 38.3 Å². The third-order valence-electron chi connectivity index (χ3n) is 3.50. The SMILES string of the molecule is Cc1cccc(C)c1OCC(=O)NC(C)c1ccc(Cl)cc1. The zero-order valence-electron chi connectivity index (χ0n) is 13.0. The van der Waals surface area contributed by atoms with Crippen LogP contribution >= 0.6 is 11.6 Å². The zero-order valence-corrected chi connectivity index (χ0v) is 13.8. The van der Waals surface area contributed by atoms with Crippen LogP contribution in [0.3, 0.4) is 0 Å². The third kappa shape index (κ3) is 4.25. The summed E-state index contributed by atoms with van der Waals surface area (Å²) in [5.41, 5.74) is 3.06. The van der Waals surface area contributed by atoms with Crippen LogP contribution in [0.15, 0.2) is 42.5 Å². The Morgan fingerprint density at radius 1 is 1.14 bits per heavy atom. The lowest BCUT2D eigenvalue weighted by atomic mass is 10.1. The lowest BCUT2D eigenvalue weighted by molar-refractivity contribution is -0.123. The molecule has 0 bridgehead atoms. The van der Waals surface area contributed by atoms with E-state index in [0.717, 1.165) is 22.4 Å². The van der Waals surface area contributed by atoms with Gasteiger partial charge in [0.25, 0.3) is 5.91 Å². The van der Waals surface area contributed by atoms with E-state index in [-0.39, 0.29) is 18.6 Å². The molecule has 0 saturated carbocycles. The van der Waals surface area contributed by atoms with Gasteiger partial charge >= 0.3 is 0 Å². The molecule has 4 heteroatoms. The van der Waals surface area contributed by atoms with Gasteiger partial charge in [0.1, 0.15) is 5.75 Å². The van der Waals surface area contributed by atoms with Gasteiger partial charge in [0.05, 0.1) is 6.04 Å². The van der Waals surface area contributed by atoms with Crippen molar-refractivity contribution in [2.45, 2.75) is 26.8 Å². The normalized spacial score (nSPS) is 11.8. The summed E-state index contributed by atoms with van der Waals surface area (Å²) >= 11 is 5.86. The first kappa shape index (κ1) is 16.4. The number of para-hydroxylation sites is 1. The molecule has 1 amide bonds.